The van der Waals surface area contributed by atoms with Crippen LogP contribution >= 0.6 is 11.3 Å². The highest BCUT2D eigenvalue weighted by atomic mass is 32.1. The Hall–Kier alpha value is -1.75. The van der Waals surface area contributed by atoms with Crippen LogP contribution in [0.3, 0.4) is 0 Å². The number of thiazole rings is 1. The second-order valence-corrected chi connectivity index (χ2v) is 4.77. The lowest BCUT2D eigenvalue weighted by molar-refractivity contribution is -0.118. The number of carbonyl (C=O) groups excluding carboxylic acids is 1. The topological polar surface area (TPSA) is 33.2 Å². The third-order valence-corrected chi connectivity index (χ3v) is 3.47. The molecule has 0 unspecified atom stereocenters. The maximum atomic E-state index is 12.7. The van der Waals surface area contributed by atoms with E-state index in [0.717, 1.165) is 5.56 Å². The van der Waals surface area contributed by atoms with E-state index in [2.05, 4.69) is 4.98 Å². The Morgan fingerprint density at radius 1 is 1.39 bits per heavy atom. The molecule has 0 bridgehead atoms. The molecule has 0 saturated heterocycles. The van der Waals surface area contributed by atoms with Crippen molar-refractivity contribution < 1.29 is 9.18 Å². The molecule has 5 heteroatoms. The second-order valence-electron chi connectivity index (χ2n) is 3.89. The third kappa shape index (κ3) is 3.13. The van der Waals surface area contributed by atoms with Crippen molar-refractivity contribution in [2.45, 2.75) is 12.8 Å². The summed E-state index contributed by atoms with van der Waals surface area (Å²) in [6, 6.07) is 6.21. The Morgan fingerprint density at radius 3 is 2.72 bits per heavy atom. The number of amides is 1. The van der Waals surface area contributed by atoms with E-state index in [0.29, 0.717) is 18.0 Å². The number of anilines is 1. The molecule has 18 heavy (non-hydrogen) atoms. The molecule has 94 valence electrons. The van der Waals surface area contributed by atoms with Gasteiger partial charge in [-0.15, -0.1) is 11.3 Å². The molecule has 2 rings (SSSR count). The van der Waals surface area contributed by atoms with Crippen molar-refractivity contribution in [1.29, 1.82) is 0 Å². The molecule has 0 aliphatic carbocycles. The van der Waals surface area contributed by atoms with Gasteiger partial charge in [0.2, 0.25) is 5.91 Å². The molecule has 1 aromatic heterocycles. The van der Waals surface area contributed by atoms with E-state index >= 15 is 0 Å². The molecule has 0 radical (unpaired) electrons. The fourth-order valence-corrected chi connectivity index (χ4v) is 2.18. The molecule has 1 heterocycles. The first-order valence-corrected chi connectivity index (χ1v) is 6.45. The molecule has 0 spiro atoms. The highest BCUT2D eigenvalue weighted by molar-refractivity contribution is 7.13. The smallest absolute Gasteiger partial charge is 0.228 e. The molecular weight excluding hydrogens is 251 g/mol. The molecular formula is C13H13FN2OS. The molecule has 3 nitrogen and oxygen atoms in total. The highest BCUT2D eigenvalue weighted by Crippen LogP contribution is 2.17. The van der Waals surface area contributed by atoms with E-state index in [1.54, 1.807) is 30.3 Å². The van der Waals surface area contributed by atoms with E-state index < -0.39 is 0 Å². The van der Waals surface area contributed by atoms with E-state index in [1.165, 1.54) is 23.5 Å². The summed E-state index contributed by atoms with van der Waals surface area (Å²) in [7, 11) is 1.71. The highest BCUT2D eigenvalue weighted by Gasteiger charge is 2.12. The van der Waals surface area contributed by atoms with Crippen LogP contribution in [0, 0.1) is 5.82 Å². The first kappa shape index (κ1) is 12.7. The van der Waals surface area contributed by atoms with E-state index in [1.807, 2.05) is 5.38 Å². The van der Waals surface area contributed by atoms with Crippen LogP contribution in [0.15, 0.2) is 35.8 Å². The number of hydrogen-bond donors (Lipinski definition) is 0. The van der Waals surface area contributed by atoms with Crippen molar-refractivity contribution in [1.82, 2.24) is 4.98 Å². The predicted molar refractivity (Wildman–Crippen MR) is 70.2 cm³/mol. The Balaban J connectivity index is 1.90. The monoisotopic (exact) mass is 264 g/mol. The number of aryl methyl sites for hydroxylation is 1. The standard InChI is InChI=1S/C13H13FN2OS/c1-16(13-15-8-9-18-13)12(17)7-4-10-2-5-11(14)6-3-10/h2-3,5-6,8-9H,4,7H2,1H3. The normalized spacial score (nSPS) is 10.3. The van der Waals surface area contributed by atoms with Gasteiger partial charge in [0.05, 0.1) is 0 Å². The van der Waals surface area contributed by atoms with Crippen LogP contribution in [0.5, 0.6) is 0 Å². The average molecular weight is 264 g/mol. The molecule has 0 fully saturated rings. The van der Waals surface area contributed by atoms with Gasteiger partial charge >= 0.3 is 0 Å². The molecule has 0 saturated carbocycles. The van der Waals surface area contributed by atoms with Crippen molar-refractivity contribution in [3.8, 4) is 0 Å². The van der Waals surface area contributed by atoms with E-state index in [-0.39, 0.29) is 11.7 Å². The van der Waals surface area contributed by atoms with Gasteiger partial charge in [-0.05, 0) is 24.1 Å². The van der Waals surface area contributed by atoms with Gasteiger partial charge in [-0.1, -0.05) is 12.1 Å². The van der Waals surface area contributed by atoms with Crippen LogP contribution in [-0.2, 0) is 11.2 Å². The maximum absolute atomic E-state index is 12.7. The van der Waals surface area contributed by atoms with Crippen molar-refractivity contribution in [3.05, 3.63) is 47.2 Å². The van der Waals surface area contributed by atoms with Crippen molar-refractivity contribution in [2.75, 3.05) is 11.9 Å². The Labute approximate surface area is 109 Å². The van der Waals surface area contributed by atoms with Crippen molar-refractivity contribution in [3.63, 3.8) is 0 Å². The number of aromatic nitrogens is 1. The molecule has 0 aliphatic rings. The summed E-state index contributed by atoms with van der Waals surface area (Å²) in [6.45, 7) is 0. The number of carbonyl (C=O) groups is 1. The number of rotatable bonds is 4. The SMILES string of the molecule is CN(C(=O)CCc1ccc(F)cc1)c1nccs1. The summed E-state index contributed by atoms with van der Waals surface area (Å²) < 4.78 is 12.7. The Bertz CT molecular complexity index is 510. The van der Waals surface area contributed by atoms with Gasteiger partial charge in [-0.2, -0.15) is 0 Å². The van der Waals surface area contributed by atoms with Gasteiger partial charge in [0.25, 0.3) is 0 Å². The third-order valence-electron chi connectivity index (χ3n) is 2.62. The van der Waals surface area contributed by atoms with Gasteiger partial charge < -0.3 is 0 Å². The number of halogens is 1. The van der Waals surface area contributed by atoms with E-state index in [9.17, 15) is 9.18 Å². The summed E-state index contributed by atoms with van der Waals surface area (Å²) in [5.74, 6) is -0.251. The van der Waals surface area contributed by atoms with Crippen LogP contribution in [0.25, 0.3) is 0 Å². The Kier molecular flexibility index (Phi) is 4.04. The number of benzene rings is 1. The lowest BCUT2D eigenvalue weighted by atomic mass is 10.1. The van der Waals surface area contributed by atoms with E-state index in [4.69, 9.17) is 0 Å². The largest absolute Gasteiger partial charge is 0.291 e. The molecule has 1 amide bonds. The quantitative estimate of drug-likeness (QED) is 0.850. The Morgan fingerprint density at radius 2 is 2.11 bits per heavy atom. The minimum Gasteiger partial charge on any atom is -0.291 e. The van der Waals surface area contributed by atoms with Gasteiger partial charge in [-0.25, -0.2) is 9.37 Å². The molecule has 0 N–H and O–H groups in total. The summed E-state index contributed by atoms with van der Waals surface area (Å²) in [5.41, 5.74) is 0.956. The van der Waals surface area contributed by atoms with Crippen LogP contribution in [0.2, 0.25) is 0 Å². The summed E-state index contributed by atoms with van der Waals surface area (Å²) >= 11 is 1.43. The predicted octanol–water partition coefficient (Wildman–Crippen LogP) is 2.88. The van der Waals surface area contributed by atoms with Crippen LogP contribution in [0.1, 0.15) is 12.0 Å². The maximum Gasteiger partial charge on any atom is 0.228 e. The van der Waals surface area contributed by atoms with Gasteiger partial charge in [0, 0.05) is 25.0 Å². The van der Waals surface area contributed by atoms with Crippen LogP contribution in [-0.4, -0.2) is 17.9 Å². The fourth-order valence-electron chi connectivity index (χ4n) is 1.56. The van der Waals surface area contributed by atoms with Crippen molar-refractivity contribution >= 4 is 22.4 Å². The molecule has 0 atom stereocenters. The molecule has 2 aromatic rings. The summed E-state index contributed by atoms with van der Waals surface area (Å²) in [4.78, 5) is 17.5. The minimum absolute atomic E-state index is 0.00859. The van der Waals surface area contributed by atoms with Crippen LogP contribution in [0.4, 0.5) is 9.52 Å². The van der Waals surface area contributed by atoms with Crippen LogP contribution < -0.4 is 4.90 Å². The molecule has 0 aliphatic heterocycles. The van der Waals surface area contributed by atoms with Crippen molar-refractivity contribution in [2.24, 2.45) is 0 Å². The lowest BCUT2D eigenvalue weighted by Gasteiger charge is -2.13. The summed E-state index contributed by atoms with van der Waals surface area (Å²) in [5, 5.41) is 2.53. The molecule has 1 aromatic carbocycles. The average Bonchev–Trinajstić information content (AvgIpc) is 2.90. The second kappa shape index (κ2) is 5.73. The van der Waals surface area contributed by atoms with Gasteiger partial charge in [-0.3, -0.25) is 9.69 Å². The number of hydrogen-bond acceptors (Lipinski definition) is 3. The number of nitrogens with zero attached hydrogens (tertiary/aromatic N) is 2. The zero-order valence-electron chi connectivity index (χ0n) is 9.97. The van der Waals surface area contributed by atoms with Gasteiger partial charge in [0.15, 0.2) is 5.13 Å². The minimum atomic E-state index is -0.259. The first-order valence-electron chi connectivity index (χ1n) is 5.57. The lowest BCUT2D eigenvalue weighted by Crippen LogP contribution is -2.26. The summed E-state index contributed by atoms with van der Waals surface area (Å²) in [6.07, 6.45) is 2.67. The van der Waals surface area contributed by atoms with Gasteiger partial charge in [0.1, 0.15) is 5.82 Å². The zero-order chi connectivity index (χ0) is 13.0. The zero-order valence-corrected chi connectivity index (χ0v) is 10.8. The fraction of sp³-hybridized carbons (Fsp3) is 0.231. The first-order chi connectivity index (χ1) is 8.66.